The second kappa shape index (κ2) is 6.53. The summed E-state index contributed by atoms with van der Waals surface area (Å²) >= 11 is 0. The third-order valence-electron chi connectivity index (χ3n) is 3.50. The van der Waals surface area contributed by atoms with E-state index in [9.17, 15) is 14.7 Å². The van der Waals surface area contributed by atoms with Crippen molar-refractivity contribution in [2.24, 2.45) is 5.92 Å². The molecule has 21 heavy (non-hydrogen) atoms. The van der Waals surface area contributed by atoms with Crippen LogP contribution in [0.15, 0.2) is 18.3 Å². The average molecular weight is 293 g/mol. The standard InChI is InChI=1S/C14H19N3O4/c1-2-5-17(12-8-21-7-10(12)14(19)20)13(18)11-4-3-9(15)6-16-11/h3-4,6,10,12H,2,5,7-8,15H2,1H3,(H,19,20). The van der Waals surface area contributed by atoms with Crippen molar-refractivity contribution in [2.45, 2.75) is 19.4 Å². The molecule has 0 bridgehead atoms. The summed E-state index contributed by atoms with van der Waals surface area (Å²) in [6, 6.07) is 2.69. The maximum absolute atomic E-state index is 12.6. The molecule has 2 unspecified atom stereocenters. The predicted molar refractivity (Wildman–Crippen MR) is 75.7 cm³/mol. The quantitative estimate of drug-likeness (QED) is 0.824. The van der Waals surface area contributed by atoms with Crippen LogP contribution in [-0.4, -0.2) is 52.7 Å². The lowest BCUT2D eigenvalue weighted by atomic mass is 10.0. The molecule has 7 nitrogen and oxygen atoms in total. The minimum Gasteiger partial charge on any atom is -0.481 e. The lowest BCUT2D eigenvalue weighted by molar-refractivity contribution is -0.142. The smallest absolute Gasteiger partial charge is 0.311 e. The lowest BCUT2D eigenvalue weighted by Crippen LogP contribution is -2.47. The van der Waals surface area contributed by atoms with Crippen molar-refractivity contribution in [1.82, 2.24) is 9.88 Å². The van der Waals surface area contributed by atoms with Crippen molar-refractivity contribution in [3.63, 3.8) is 0 Å². The van der Waals surface area contributed by atoms with E-state index in [4.69, 9.17) is 10.5 Å². The number of nitrogens with two attached hydrogens (primary N) is 1. The highest BCUT2D eigenvalue weighted by molar-refractivity contribution is 5.93. The summed E-state index contributed by atoms with van der Waals surface area (Å²) < 4.78 is 5.25. The van der Waals surface area contributed by atoms with Gasteiger partial charge in [-0.05, 0) is 18.6 Å². The van der Waals surface area contributed by atoms with Crippen LogP contribution in [0, 0.1) is 5.92 Å². The zero-order valence-electron chi connectivity index (χ0n) is 11.9. The highest BCUT2D eigenvalue weighted by Crippen LogP contribution is 2.22. The van der Waals surface area contributed by atoms with Gasteiger partial charge in [0, 0.05) is 6.54 Å². The molecule has 0 aliphatic carbocycles. The number of rotatable bonds is 5. The number of carbonyl (C=O) groups is 2. The molecule has 114 valence electrons. The van der Waals surface area contributed by atoms with Gasteiger partial charge in [-0.25, -0.2) is 4.98 Å². The van der Waals surface area contributed by atoms with Crippen LogP contribution in [0.5, 0.6) is 0 Å². The second-order valence-electron chi connectivity index (χ2n) is 5.02. The first-order valence-corrected chi connectivity index (χ1v) is 6.87. The Hall–Kier alpha value is -2.15. The number of amides is 1. The number of carboxylic acid groups (broad SMARTS) is 1. The highest BCUT2D eigenvalue weighted by atomic mass is 16.5. The Labute approximate surface area is 122 Å². The van der Waals surface area contributed by atoms with Gasteiger partial charge in [-0.1, -0.05) is 6.92 Å². The van der Waals surface area contributed by atoms with Crippen LogP contribution in [0.2, 0.25) is 0 Å². The minimum atomic E-state index is -0.948. The molecule has 1 aliphatic heterocycles. The molecular formula is C14H19N3O4. The van der Waals surface area contributed by atoms with Gasteiger partial charge in [0.05, 0.1) is 31.1 Å². The highest BCUT2D eigenvalue weighted by Gasteiger charge is 2.40. The van der Waals surface area contributed by atoms with Crippen molar-refractivity contribution in [2.75, 3.05) is 25.5 Å². The Kier molecular flexibility index (Phi) is 4.74. The molecule has 0 spiro atoms. The van der Waals surface area contributed by atoms with Crippen molar-refractivity contribution in [1.29, 1.82) is 0 Å². The first kappa shape index (κ1) is 15.2. The number of pyridine rings is 1. The van der Waals surface area contributed by atoms with Crippen LogP contribution in [0.25, 0.3) is 0 Å². The molecule has 1 fully saturated rings. The van der Waals surface area contributed by atoms with E-state index < -0.39 is 17.9 Å². The van der Waals surface area contributed by atoms with Crippen LogP contribution in [-0.2, 0) is 9.53 Å². The minimum absolute atomic E-state index is 0.128. The summed E-state index contributed by atoms with van der Waals surface area (Å²) in [4.78, 5) is 29.4. The van der Waals surface area contributed by atoms with Crippen molar-refractivity contribution < 1.29 is 19.4 Å². The van der Waals surface area contributed by atoms with Gasteiger partial charge in [-0.2, -0.15) is 0 Å². The zero-order valence-corrected chi connectivity index (χ0v) is 11.9. The van der Waals surface area contributed by atoms with E-state index in [1.165, 1.54) is 6.20 Å². The van der Waals surface area contributed by atoms with Crippen LogP contribution >= 0.6 is 0 Å². The van der Waals surface area contributed by atoms with E-state index in [0.29, 0.717) is 12.2 Å². The molecule has 0 aromatic carbocycles. The first-order chi connectivity index (χ1) is 10.0. The number of ether oxygens (including phenoxy) is 1. The van der Waals surface area contributed by atoms with E-state index in [1.54, 1.807) is 17.0 Å². The summed E-state index contributed by atoms with van der Waals surface area (Å²) in [6.45, 7) is 2.76. The molecule has 3 N–H and O–H groups in total. The molecular weight excluding hydrogens is 274 g/mol. The summed E-state index contributed by atoms with van der Waals surface area (Å²) in [6.07, 6.45) is 2.14. The van der Waals surface area contributed by atoms with Crippen LogP contribution in [0.1, 0.15) is 23.8 Å². The third kappa shape index (κ3) is 3.30. The third-order valence-corrected chi connectivity index (χ3v) is 3.50. The van der Waals surface area contributed by atoms with Crippen molar-refractivity contribution in [3.8, 4) is 0 Å². The lowest BCUT2D eigenvalue weighted by Gasteiger charge is -2.30. The molecule has 2 atom stereocenters. The van der Waals surface area contributed by atoms with E-state index in [0.717, 1.165) is 6.42 Å². The van der Waals surface area contributed by atoms with Crippen LogP contribution in [0.3, 0.4) is 0 Å². The van der Waals surface area contributed by atoms with Gasteiger partial charge in [0.1, 0.15) is 11.6 Å². The molecule has 1 aromatic rings. The fraction of sp³-hybridized carbons (Fsp3) is 0.500. The van der Waals surface area contributed by atoms with E-state index >= 15 is 0 Å². The Morgan fingerprint density at radius 1 is 1.48 bits per heavy atom. The summed E-state index contributed by atoms with van der Waals surface area (Å²) in [5.74, 6) is -1.94. The van der Waals surface area contributed by atoms with Gasteiger partial charge in [-0.3, -0.25) is 9.59 Å². The maximum atomic E-state index is 12.6. The Morgan fingerprint density at radius 3 is 2.81 bits per heavy atom. The summed E-state index contributed by atoms with van der Waals surface area (Å²) in [7, 11) is 0. The zero-order chi connectivity index (χ0) is 15.4. The first-order valence-electron chi connectivity index (χ1n) is 6.87. The number of carbonyl (C=O) groups excluding carboxylic acids is 1. The maximum Gasteiger partial charge on any atom is 0.311 e. The fourth-order valence-electron chi connectivity index (χ4n) is 2.42. The van der Waals surface area contributed by atoms with Crippen molar-refractivity contribution >= 4 is 17.6 Å². The number of hydrogen-bond acceptors (Lipinski definition) is 5. The average Bonchev–Trinajstić information content (AvgIpc) is 2.94. The molecule has 7 heteroatoms. The van der Waals surface area contributed by atoms with E-state index in [1.807, 2.05) is 6.92 Å². The second-order valence-corrected chi connectivity index (χ2v) is 5.02. The number of nitrogen functional groups attached to an aromatic ring is 1. The predicted octanol–water partition coefficient (Wildman–Crippen LogP) is 0.616. The Bertz CT molecular complexity index is 517. The number of aromatic nitrogens is 1. The largest absolute Gasteiger partial charge is 0.481 e. The summed E-state index contributed by atoms with van der Waals surface area (Å²) in [5.41, 5.74) is 6.29. The molecule has 0 radical (unpaired) electrons. The van der Waals surface area contributed by atoms with Crippen LogP contribution < -0.4 is 5.73 Å². The molecule has 2 rings (SSSR count). The van der Waals surface area contributed by atoms with Crippen molar-refractivity contribution in [3.05, 3.63) is 24.0 Å². The van der Waals surface area contributed by atoms with Gasteiger partial charge in [-0.15, -0.1) is 0 Å². The number of nitrogens with zero attached hydrogens (tertiary/aromatic N) is 2. The molecule has 1 saturated heterocycles. The Morgan fingerprint density at radius 2 is 2.24 bits per heavy atom. The van der Waals surface area contributed by atoms with E-state index in [2.05, 4.69) is 4.98 Å². The van der Waals surface area contributed by atoms with Gasteiger partial charge in [0.15, 0.2) is 0 Å². The molecule has 2 heterocycles. The topological polar surface area (TPSA) is 106 Å². The SMILES string of the molecule is CCCN(C(=O)c1ccc(N)cn1)C1COCC1C(=O)O. The summed E-state index contributed by atoms with van der Waals surface area (Å²) in [5, 5.41) is 9.24. The van der Waals surface area contributed by atoms with Gasteiger partial charge >= 0.3 is 5.97 Å². The fourth-order valence-corrected chi connectivity index (χ4v) is 2.42. The monoisotopic (exact) mass is 293 g/mol. The van der Waals surface area contributed by atoms with Gasteiger partial charge < -0.3 is 20.5 Å². The molecule has 0 saturated carbocycles. The number of carboxylic acids is 1. The normalized spacial score (nSPS) is 21.2. The Balaban J connectivity index is 2.23. The molecule has 1 amide bonds. The van der Waals surface area contributed by atoms with Crippen LogP contribution in [0.4, 0.5) is 5.69 Å². The molecule has 1 aromatic heterocycles. The van der Waals surface area contributed by atoms with Gasteiger partial charge in [0.25, 0.3) is 5.91 Å². The number of anilines is 1. The van der Waals surface area contributed by atoms with Gasteiger partial charge in [0.2, 0.25) is 0 Å². The molecule has 1 aliphatic rings. The van der Waals surface area contributed by atoms with E-state index in [-0.39, 0.29) is 24.8 Å². The number of hydrogen-bond donors (Lipinski definition) is 2. The number of aliphatic carboxylic acids is 1.